The zero-order chi connectivity index (χ0) is 17.0. The normalized spacial score (nSPS) is 21.9. The van der Waals surface area contributed by atoms with Crippen molar-refractivity contribution in [1.29, 1.82) is 0 Å². The number of nitrogens with two attached hydrogens (primary N) is 2. The molecule has 120 valence electrons. The van der Waals surface area contributed by atoms with Crippen molar-refractivity contribution < 1.29 is 19.3 Å². The lowest BCUT2D eigenvalue weighted by molar-refractivity contribution is -0.140. The number of carbonyl (C=O) groups is 2. The highest BCUT2D eigenvalue weighted by atomic mass is 35.5. The van der Waals surface area contributed by atoms with Crippen LogP contribution in [-0.2, 0) is 19.3 Å². The molecule has 0 fully saturated rings. The second-order valence-corrected chi connectivity index (χ2v) is 4.81. The minimum absolute atomic E-state index is 0.130. The van der Waals surface area contributed by atoms with Gasteiger partial charge in [0.05, 0.1) is 5.02 Å². The maximum absolute atomic E-state index is 11.7. The summed E-state index contributed by atoms with van der Waals surface area (Å²) in [5, 5.41) is 4.53. The summed E-state index contributed by atoms with van der Waals surface area (Å²) in [4.78, 5) is 36.0. The van der Waals surface area contributed by atoms with Crippen molar-refractivity contribution in [3.8, 4) is 0 Å². The van der Waals surface area contributed by atoms with E-state index < -0.39 is 17.9 Å². The standard InChI is InChI=1S/C12H9Cl2N5O4/c13-6-1-2-8(7(14)5-6)19-12(16)17-11(15)18-22-9(20)3-4-10(21)23-19/h1-5H,(H4,15,16,17,18)/b4-3-. The highest BCUT2D eigenvalue weighted by Crippen LogP contribution is 2.29. The zero-order valence-corrected chi connectivity index (χ0v) is 12.8. The predicted octanol–water partition coefficient (Wildman–Crippen LogP) is 0.915. The Morgan fingerprint density at radius 2 is 1.78 bits per heavy atom. The van der Waals surface area contributed by atoms with Crippen LogP contribution in [0.25, 0.3) is 0 Å². The summed E-state index contributed by atoms with van der Waals surface area (Å²) < 4.78 is 0. The van der Waals surface area contributed by atoms with E-state index in [-0.39, 0.29) is 16.7 Å². The number of benzene rings is 1. The van der Waals surface area contributed by atoms with Crippen molar-refractivity contribution in [1.82, 2.24) is 0 Å². The zero-order valence-electron chi connectivity index (χ0n) is 11.3. The fourth-order valence-electron chi connectivity index (χ4n) is 1.43. The van der Waals surface area contributed by atoms with Gasteiger partial charge >= 0.3 is 11.9 Å². The molecule has 1 aliphatic heterocycles. The quantitative estimate of drug-likeness (QED) is 0.713. The highest BCUT2D eigenvalue weighted by molar-refractivity contribution is 6.36. The molecule has 0 saturated carbocycles. The third-order valence-electron chi connectivity index (χ3n) is 2.33. The van der Waals surface area contributed by atoms with Gasteiger partial charge in [-0.05, 0) is 23.4 Å². The van der Waals surface area contributed by atoms with Crippen LogP contribution < -0.4 is 16.5 Å². The summed E-state index contributed by atoms with van der Waals surface area (Å²) in [6, 6.07) is 4.35. The van der Waals surface area contributed by atoms with Crippen molar-refractivity contribution in [3.63, 3.8) is 0 Å². The molecule has 1 heterocycles. The van der Waals surface area contributed by atoms with Crippen molar-refractivity contribution in [2.45, 2.75) is 0 Å². The summed E-state index contributed by atoms with van der Waals surface area (Å²) in [6.45, 7) is 0. The Kier molecular flexibility index (Phi) is 5.04. The Balaban J connectivity index is 2.49. The van der Waals surface area contributed by atoms with Crippen LogP contribution in [0.2, 0.25) is 10.0 Å². The monoisotopic (exact) mass is 357 g/mol. The Bertz CT molecular complexity index is 747. The first-order valence-corrected chi connectivity index (χ1v) is 6.66. The first-order chi connectivity index (χ1) is 10.9. The molecule has 1 aromatic rings. The molecular weight excluding hydrogens is 349 g/mol. The second kappa shape index (κ2) is 6.99. The lowest BCUT2D eigenvalue weighted by Crippen LogP contribution is -2.40. The van der Waals surface area contributed by atoms with E-state index in [2.05, 4.69) is 15.0 Å². The van der Waals surface area contributed by atoms with E-state index in [1.54, 1.807) is 0 Å². The number of rotatable bonds is 1. The molecule has 0 saturated heterocycles. The minimum atomic E-state index is -0.948. The fraction of sp³-hybridized carbons (Fsp3) is 0. The van der Waals surface area contributed by atoms with Gasteiger partial charge < -0.3 is 21.1 Å². The molecule has 0 bridgehead atoms. The molecule has 0 aromatic heterocycles. The molecule has 4 N–H and O–H groups in total. The number of hydrogen-bond acceptors (Lipinski definition) is 9. The van der Waals surface area contributed by atoms with E-state index >= 15 is 0 Å². The van der Waals surface area contributed by atoms with Crippen LogP contribution in [-0.4, -0.2) is 23.9 Å². The van der Waals surface area contributed by atoms with Crippen LogP contribution in [0.5, 0.6) is 0 Å². The van der Waals surface area contributed by atoms with Crippen LogP contribution in [0.1, 0.15) is 0 Å². The lowest BCUT2D eigenvalue weighted by atomic mass is 10.3. The van der Waals surface area contributed by atoms with Gasteiger partial charge in [-0.2, -0.15) is 4.99 Å². The summed E-state index contributed by atoms with van der Waals surface area (Å²) in [5.74, 6) is -2.74. The van der Waals surface area contributed by atoms with E-state index in [9.17, 15) is 9.59 Å². The topological polar surface area (TPSA) is 133 Å². The van der Waals surface area contributed by atoms with Crippen molar-refractivity contribution in [2.75, 3.05) is 5.06 Å². The van der Waals surface area contributed by atoms with Crippen molar-refractivity contribution >= 4 is 52.7 Å². The average Bonchev–Trinajstić information content (AvgIpc) is 2.50. The van der Waals surface area contributed by atoms with E-state index in [4.69, 9.17) is 39.5 Å². The minimum Gasteiger partial charge on any atom is -0.367 e. The molecule has 1 aliphatic rings. The van der Waals surface area contributed by atoms with E-state index in [0.29, 0.717) is 5.02 Å². The van der Waals surface area contributed by atoms with Gasteiger partial charge in [-0.3, -0.25) is 0 Å². The summed E-state index contributed by atoms with van der Waals surface area (Å²) in [5.41, 5.74) is 11.3. The molecule has 0 aliphatic carbocycles. The number of hydroxylamine groups is 1. The Labute approximate surface area is 139 Å². The SMILES string of the molecule is NC1=N\OC(=O)/C=C\C(=O)ON(c2ccc(Cl)cc2Cl)\C(N)=N\1. The molecule has 2 rings (SSSR count). The predicted molar refractivity (Wildman–Crippen MR) is 83.5 cm³/mol. The first-order valence-electron chi connectivity index (χ1n) is 5.90. The van der Waals surface area contributed by atoms with Crippen LogP contribution in [0.4, 0.5) is 5.69 Å². The number of carbonyl (C=O) groups excluding carboxylic acids is 2. The Morgan fingerprint density at radius 1 is 1.09 bits per heavy atom. The molecule has 0 radical (unpaired) electrons. The number of halogens is 2. The van der Waals surface area contributed by atoms with Gasteiger partial charge in [0.25, 0.3) is 5.96 Å². The molecule has 1 aromatic carbocycles. The molecule has 0 amide bonds. The number of aliphatic imine (C=N–C) groups is 1. The average molecular weight is 358 g/mol. The number of guanidine groups is 2. The van der Waals surface area contributed by atoms with Gasteiger partial charge in [0.1, 0.15) is 5.69 Å². The van der Waals surface area contributed by atoms with E-state index in [0.717, 1.165) is 17.2 Å². The second-order valence-electron chi connectivity index (χ2n) is 3.96. The van der Waals surface area contributed by atoms with E-state index in [1.807, 2.05) is 0 Å². The molecule has 23 heavy (non-hydrogen) atoms. The van der Waals surface area contributed by atoms with Gasteiger partial charge in [0.15, 0.2) is 0 Å². The van der Waals surface area contributed by atoms with Gasteiger partial charge in [-0.1, -0.05) is 23.2 Å². The third kappa shape index (κ3) is 4.34. The fourth-order valence-corrected chi connectivity index (χ4v) is 1.91. The number of nitrogens with zero attached hydrogens (tertiary/aromatic N) is 3. The van der Waals surface area contributed by atoms with Gasteiger partial charge in [-0.15, -0.1) is 5.06 Å². The van der Waals surface area contributed by atoms with Crippen LogP contribution >= 0.6 is 23.2 Å². The van der Waals surface area contributed by atoms with Crippen molar-refractivity contribution in [2.24, 2.45) is 21.6 Å². The number of oxime groups is 1. The molecule has 11 heteroatoms. The smallest absolute Gasteiger partial charge is 0.359 e. The first kappa shape index (κ1) is 16.6. The highest BCUT2D eigenvalue weighted by Gasteiger charge is 2.20. The van der Waals surface area contributed by atoms with Crippen LogP contribution in [0, 0.1) is 0 Å². The summed E-state index contributed by atoms with van der Waals surface area (Å²) in [6.07, 6.45) is 1.60. The maximum atomic E-state index is 11.7. The lowest BCUT2D eigenvalue weighted by Gasteiger charge is -2.22. The number of anilines is 1. The number of hydrogen-bond donors (Lipinski definition) is 2. The van der Waals surface area contributed by atoms with Gasteiger partial charge in [0.2, 0.25) is 5.96 Å². The third-order valence-corrected chi connectivity index (χ3v) is 2.87. The molecule has 9 nitrogen and oxygen atoms in total. The van der Waals surface area contributed by atoms with Crippen LogP contribution in [0.15, 0.2) is 40.5 Å². The Morgan fingerprint density at radius 3 is 2.48 bits per heavy atom. The summed E-state index contributed by atoms with van der Waals surface area (Å²) in [7, 11) is 0. The van der Waals surface area contributed by atoms with Crippen molar-refractivity contribution in [3.05, 3.63) is 40.4 Å². The molecule has 0 unspecified atom stereocenters. The Hall–Kier alpha value is -2.78. The van der Waals surface area contributed by atoms with Gasteiger partial charge in [-0.25, -0.2) is 9.59 Å². The molecule has 0 spiro atoms. The molecule has 0 atom stereocenters. The summed E-state index contributed by atoms with van der Waals surface area (Å²) >= 11 is 11.9. The van der Waals surface area contributed by atoms with Crippen LogP contribution in [0.3, 0.4) is 0 Å². The van der Waals surface area contributed by atoms with Gasteiger partial charge in [0, 0.05) is 17.2 Å². The van der Waals surface area contributed by atoms with E-state index in [1.165, 1.54) is 18.2 Å². The largest absolute Gasteiger partial charge is 0.367 e. The molecular formula is C12H9Cl2N5O4. The maximum Gasteiger partial charge on any atom is 0.359 e.